The Morgan fingerprint density at radius 1 is 0.973 bits per heavy atom. The van der Waals surface area contributed by atoms with E-state index in [1.807, 2.05) is 25.1 Å². The van der Waals surface area contributed by atoms with Gasteiger partial charge in [0.15, 0.2) is 0 Å². The number of hydrogen-bond acceptors (Lipinski definition) is 7. The number of aryl methyl sites for hydroxylation is 1. The quantitative estimate of drug-likeness (QED) is 0.214. The maximum Gasteiger partial charge on any atom is 0.338 e. The molecule has 1 saturated heterocycles. The average molecular weight is 502 g/mol. The molecule has 3 aromatic carbocycles. The molecule has 1 aliphatic rings. The number of rotatable bonds is 7. The zero-order chi connectivity index (χ0) is 26.7. The molecule has 4 rings (SSSR count). The number of anilines is 1. The number of esters is 1. The number of ketones is 1. The van der Waals surface area contributed by atoms with Crippen molar-refractivity contribution in [3.63, 3.8) is 0 Å². The maximum atomic E-state index is 13.5. The summed E-state index contributed by atoms with van der Waals surface area (Å²) in [4.78, 5) is 40.6. The van der Waals surface area contributed by atoms with Crippen LogP contribution in [0.5, 0.6) is 11.5 Å². The van der Waals surface area contributed by atoms with E-state index in [1.165, 1.54) is 25.2 Å². The molecular weight excluding hydrogens is 474 g/mol. The summed E-state index contributed by atoms with van der Waals surface area (Å²) >= 11 is 0. The van der Waals surface area contributed by atoms with Gasteiger partial charge in [-0.2, -0.15) is 0 Å². The highest BCUT2D eigenvalue weighted by molar-refractivity contribution is 6.51. The normalized spacial score (nSPS) is 16.5. The van der Waals surface area contributed by atoms with Crippen molar-refractivity contribution in [3.05, 3.63) is 94.6 Å². The first-order valence-electron chi connectivity index (χ1n) is 11.7. The second-order valence-electron chi connectivity index (χ2n) is 8.42. The average Bonchev–Trinajstić information content (AvgIpc) is 3.18. The Labute approximate surface area is 214 Å². The number of nitrogens with zero attached hydrogens (tertiary/aromatic N) is 1. The van der Waals surface area contributed by atoms with E-state index < -0.39 is 23.7 Å². The summed E-state index contributed by atoms with van der Waals surface area (Å²) in [5.74, 6) is -1.84. The van der Waals surface area contributed by atoms with Crippen LogP contribution in [0.2, 0.25) is 0 Å². The third-order valence-electron chi connectivity index (χ3n) is 6.10. The molecule has 0 aromatic heterocycles. The van der Waals surface area contributed by atoms with Gasteiger partial charge in [0, 0.05) is 11.8 Å². The zero-order valence-electron chi connectivity index (χ0n) is 21.0. The minimum atomic E-state index is -0.954. The molecule has 1 heterocycles. The van der Waals surface area contributed by atoms with Crippen molar-refractivity contribution in [2.75, 3.05) is 25.7 Å². The van der Waals surface area contributed by atoms with Crippen molar-refractivity contribution >= 4 is 29.1 Å². The molecule has 0 saturated carbocycles. The lowest BCUT2D eigenvalue weighted by Crippen LogP contribution is -2.29. The van der Waals surface area contributed by atoms with Gasteiger partial charge in [0.05, 0.1) is 43.6 Å². The molecule has 0 aliphatic carbocycles. The zero-order valence-corrected chi connectivity index (χ0v) is 21.0. The highest BCUT2D eigenvalue weighted by Crippen LogP contribution is 2.44. The van der Waals surface area contributed by atoms with E-state index in [9.17, 15) is 19.5 Å². The summed E-state index contributed by atoms with van der Waals surface area (Å²) in [6, 6.07) is 17.5. The molecule has 1 unspecified atom stereocenters. The van der Waals surface area contributed by atoms with Crippen LogP contribution in [0, 0.1) is 6.92 Å². The molecule has 1 amide bonds. The van der Waals surface area contributed by atoms with Crippen LogP contribution in [0.25, 0.3) is 5.76 Å². The van der Waals surface area contributed by atoms with E-state index >= 15 is 0 Å². The number of benzene rings is 3. The molecule has 0 radical (unpaired) electrons. The lowest BCUT2D eigenvalue weighted by atomic mass is 9.94. The van der Waals surface area contributed by atoms with Gasteiger partial charge in [-0.3, -0.25) is 14.5 Å². The second-order valence-corrected chi connectivity index (χ2v) is 8.42. The summed E-state index contributed by atoms with van der Waals surface area (Å²) in [5.41, 5.74) is 2.22. The first-order chi connectivity index (χ1) is 17.8. The highest BCUT2D eigenvalue weighted by Gasteiger charge is 2.47. The molecule has 190 valence electrons. The van der Waals surface area contributed by atoms with Crippen LogP contribution >= 0.6 is 0 Å². The third kappa shape index (κ3) is 4.78. The number of methoxy groups -OCH3 is 2. The van der Waals surface area contributed by atoms with E-state index in [2.05, 4.69) is 0 Å². The molecule has 3 aromatic rings. The van der Waals surface area contributed by atoms with Gasteiger partial charge < -0.3 is 19.3 Å². The Balaban J connectivity index is 1.94. The number of carbonyl (C=O) groups excluding carboxylic acids is 3. The van der Waals surface area contributed by atoms with Crippen LogP contribution in [0.15, 0.2) is 72.3 Å². The molecular formula is C29H27NO7. The maximum absolute atomic E-state index is 13.5. The van der Waals surface area contributed by atoms with Crippen LogP contribution in [0.4, 0.5) is 5.69 Å². The van der Waals surface area contributed by atoms with Crippen molar-refractivity contribution in [2.45, 2.75) is 19.9 Å². The first-order valence-corrected chi connectivity index (χ1v) is 11.7. The van der Waals surface area contributed by atoms with Crippen LogP contribution in [-0.2, 0) is 14.3 Å². The van der Waals surface area contributed by atoms with Gasteiger partial charge in [0.2, 0.25) is 0 Å². The van der Waals surface area contributed by atoms with Gasteiger partial charge in [0.25, 0.3) is 11.7 Å². The number of carbonyl (C=O) groups is 3. The predicted molar refractivity (Wildman–Crippen MR) is 138 cm³/mol. The number of Topliss-reactive ketones (excluding diaryl/α,β-unsaturated/α-hetero) is 1. The summed E-state index contributed by atoms with van der Waals surface area (Å²) in [7, 11) is 2.94. The minimum absolute atomic E-state index is 0.0967. The molecule has 8 heteroatoms. The number of aliphatic hydroxyl groups excluding tert-OH is 1. The Kier molecular flexibility index (Phi) is 7.29. The van der Waals surface area contributed by atoms with Crippen molar-refractivity contribution < 1.29 is 33.7 Å². The highest BCUT2D eigenvalue weighted by atomic mass is 16.5. The van der Waals surface area contributed by atoms with E-state index in [-0.39, 0.29) is 34.8 Å². The fraction of sp³-hybridized carbons (Fsp3) is 0.207. The van der Waals surface area contributed by atoms with Gasteiger partial charge in [-0.15, -0.1) is 0 Å². The molecule has 0 bridgehead atoms. The molecule has 37 heavy (non-hydrogen) atoms. The fourth-order valence-corrected chi connectivity index (χ4v) is 4.39. The van der Waals surface area contributed by atoms with Crippen LogP contribution < -0.4 is 14.4 Å². The second kappa shape index (κ2) is 10.6. The van der Waals surface area contributed by atoms with Crippen molar-refractivity contribution in [2.24, 2.45) is 0 Å². The van der Waals surface area contributed by atoms with Gasteiger partial charge in [-0.1, -0.05) is 35.9 Å². The van der Waals surface area contributed by atoms with Crippen LogP contribution in [0.1, 0.15) is 40.0 Å². The fourth-order valence-electron chi connectivity index (χ4n) is 4.39. The largest absolute Gasteiger partial charge is 0.507 e. The molecule has 1 aliphatic heterocycles. The lowest BCUT2D eigenvalue weighted by Gasteiger charge is -2.26. The SMILES string of the molecule is CCOC(=O)c1cccc(N2C(=O)C(=O)/C(=C(\O)c3ccc(OC)cc3OC)C2c2cccc(C)c2)c1. The standard InChI is InChI=1S/C29H27NO7/c1-5-37-29(34)19-10-7-11-20(15-19)30-25(18-9-6-8-17(2)14-18)24(27(32)28(30)33)26(31)22-13-12-21(35-3)16-23(22)36-4/h6-16,25,31H,5H2,1-4H3/b26-24-. The van der Waals surface area contributed by atoms with E-state index in [0.29, 0.717) is 17.0 Å². The summed E-state index contributed by atoms with van der Waals surface area (Å²) in [6.07, 6.45) is 0. The van der Waals surface area contributed by atoms with E-state index in [4.69, 9.17) is 14.2 Å². The molecule has 1 fully saturated rings. The number of hydrogen-bond donors (Lipinski definition) is 1. The monoisotopic (exact) mass is 501 g/mol. The summed E-state index contributed by atoms with van der Waals surface area (Å²) in [6.45, 7) is 3.79. The Bertz CT molecular complexity index is 1410. The number of ether oxygens (including phenoxy) is 3. The van der Waals surface area contributed by atoms with Gasteiger partial charge in [0.1, 0.15) is 17.3 Å². The van der Waals surface area contributed by atoms with Crippen molar-refractivity contribution in [3.8, 4) is 11.5 Å². The van der Waals surface area contributed by atoms with Gasteiger partial charge in [-0.25, -0.2) is 4.79 Å². The van der Waals surface area contributed by atoms with Crippen molar-refractivity contribution in [1.29, 1.82) is 0 Å². The number of aliphatic hydroxyl groups is 1. The summed E-state index contributed by atoms with van der Waals surface area (Å²) in [5, 5.41) is 11.4. The first kappa shape index (κ1) is 25.5. The van der Waals surface area contributed by atoms with Crippen LogP contribution in [-0.4, -0.2) is 43.6 Å². The van der Waals surface area contributed by atoms with Crippen molar-refractivity contribution in [1.82, 2.24) is 0 Å². The van der Waals surface area contributed by atoms with Gasteiger partial charge in [-0.05, 0) is 49.7 Å². The predicted octanol–water partition coefficient (Wildman–Crippen LogP) is 4.82. The molecule has 0 spiro atoms. The Morgan fingerprint density at radius 3 is 2.41 bits per heavy atom. The third-order valence-corrected chi connectivity index (χ3v) is 6.10. The van der Waals surface area contributed by atoms with E-state index in [1.54, 1.807) is 49.4 Å². The molecule has 1 N–H and O–H groups in total. The summed E-state index contributed by atoms with van der Waals surface area (Å²) < 4.78 is 15.8. The molecule has 8 nitrogen and oxygen atoms in total. The number of amides is 1. The Morgan fingerprint density at radius 2 is 1.73 bits per heavy atom. The van der Waals surface area contributed by atoms with Crippen LogP contribution in [0.3, 0.4) is 0 Å². The minimum Gasteiger partial charge on any atom is -0.507 e. The molecule has 1 atom stereocenters. The Hall–Kier alpha value is -4.59. The lowest BCUT2D eigenvalue weighted by molar-refractivity contribution is -0.132. The van der Waals surface area contributed by atoms with Gasteiger partial charge >= 0.3 is 5.97 Å². The smallest absolute Gasteiger partial charge is 0.338 e. The topological polar surface area (TPSA) is 102 Å². The van der Waals surface area contributed by atoms with E-state index in [0.717, 1.165) is 5.56 Å².